The fourth-order valence-corrected chi connectivity index (χ4v) is 2.73. The average molecular weight is 332 g/mol. The van der Waals surface area contributed by atoms with Crippen LogP contribution in [0.25, 0.3) is 0 Å². The van der Waals surface area contributed by atoms with Crippen LogP contribution in [0.1, 0.15) is 24.7 Å². The van der Waals surface area contributed by atoms with E-state index in [1.54, 1.807) is 18.5 Å². The van der Waals surface area contributed by atoms with Crippen LogP contribution < -0.4 is 5.32 Å². The lowest BCUT2D eigenvalue weighted by molar-refractivity contribution is -0.386. The third-order valence-corrected chi connectivity index (χ3v) is 3.88. The zero-order valence-electron chi connectivity index (χ0n) is 13.0. The highest BCUT2D eigenvalue weighted by Gasteiger charge is 2.25. The van der Waals surface area contributed by atoms with Gasteiger partial charge in [-0.2, -0.15) is 5.10 Å². The molecule has 22 heavy (non-hydrogen) atoms. The maximum absolute atomic E-state index is 12.2. The molecule has 124 valence electrons. The zero-order valence-corrected chi connectivity index (χ0v) is 13.9. The Bertz CT molecular complexity index is 560. The Balaban J connectivity index is 0.00000242. The van der Waals surface area contributed by atoms with E-state index in [1.807, 2.05) is 11.8 Å². The highest BCUT2D eigenvalue weighted by Crippen LogP contribution is 2.22. The predicted octanol–water partition coefficient (Wildman–Crippen LogP) is 1.04. The fourth-order valence-electron chi connectivity index (χ4n) is 2.73. The number of rotatable bonds is 4. The van der Waals surface area contributed by atoms with Crippen LogP contribution in [0, 0.1) is 24.0 Å². The molecule has 0 saturated carbocycles. The minimum absolute atomic E-state index is 0. The van der Waals surface area contributed by atoms with Crippen molar-refractivity contribution in [1.82, 2.24) is 20.0 Å². The van der Waals surface area contributed by atoms with Crippen LogP contribution in [0.4, 0.5) is 5.69 Å². The molecule has 0 bridgehead atoms. The van der Waals surface area contributed by atoms with Gasteiger partial charge in [-0.05, 0) is 20.8 Å². The zero-order chi connectivity index (χ0) is 15.6. The van der Waals surface area contributed by atoms with Gasteiger partial charge in [-0.1, -0.05) is 0 Å². The van der Waals surface area contributed by atoms with Crippen molar-refractivity contribution in [3.8, 4) is 0 Å². The Morgan fingerprint density at radius 3 is 2.73 bits per heavy atom. The van der Waals surface area contributed by atoms with Crippen molar-refractivity contribution in [3.63, 3.8) is 0 Å². The molecule has 1 aromatic heterocycles. The van der Waals surface area contributed by atoms with Crippen LogP contribution in [0.3, 0.4) is 0 Å². The van der Waals surface area contributed by atoms with Crippen molar-refractivity contribution >= 4 is 24.0 Å². The number of amides is 1. The van der Waals surface area contributed by atoms with Gasteiger partial charge in [0.25, 0.3) is 0 Å². The summed E-state index contributed by atoms with van der Waals surface area (Å²) in [5, 5.41) is 18.4. The van der Waals surface area contributed by atoms with Crippen LogP contribution in [0.5, 0.6) is 0 Å². The quantitative estimate of drug-likeness (QED) is 0.657. The van der Waals surface area contributed by atoms with E-state index in [0.29, 0.717) is 30.9 Å². The minimum Gasteiger partial charge on any atom is -0.337 e. The largest absolute Gasteiger partial charge is 0.337 e. The van der Waals surface area contributed by atoms with Gasteiger partial charge in [0.1, 0.15) is 11.4 Å². The van der Waals surface area contributed by atoms with E-state index in [2.05, 4.69) is 10.4 Å². The predicted molar refractivity (Wildman–Crippen MR) is 84.3 cm³/mol. The number of carbonyl (C=O) groups excluding carboxylic acids is 1. The van der Waals surface area contributed by atoms with E-state index in [9.17, 15) is 14.9 Å². The van der Waals surface area contributed by atoms with Gasteiger partial charge < -0.3 is 10.2 Å². The molecule has 0 aliphatic carbocycles. The summed E-state index contributed by atoms with van der Waals surface area (Å²) in [6.07, 6.45) is 0.309. The lowest BCUT2D eigenvalue weighted by atomic mass is 10.2. The first-order chi connectivity index (χ1) is 9.91. The van der Waals surface area contributed by atoms with Gasteiger partial charge in [0.05, 0.1) is 11.5 Å². The Labute approximate surface area is 135 Å². The van der Waals surface area contributed by atoms with Crippen molar-refractivity contribution < 1.29 is 9.72 Å². The van der Waals surface area contributed by atoms with Crippen LogP contribution in [0.2, 0.25) is 0 Å². The first-order valence-electron chi connectivity index (χ1n) is 7.10. The maximum Gasteiger partial charge on any atom is 0.312 e. The van der Waals surface area contributed by atoms with Crippen molar-refractivity contribution in [2.75, 3.05) is 19.6 Å². The molecule has 1 saturated heterocycles. The van der Waals surface area contributed by atoms with Gasteiger partial charge in [-0.3, -0.25) is 19.6 Å². The van der Waals surface area contributed by atoms with Gasteiger partial charge in [-0.15, -0.1) is 12.4 Å². The van der Waals surface area contributed by atoms with E-state index in [-0.39, 0.29) is 30.0 Å². The van der Waals surface area contributed by atoms with E-state index in [0.717, 1.165) is 13.1 Å². The van der Waals surface area contributed by atoms with Crippen LogP contribution in [-0.4, -0.2) is 51.2 Å². The molecule has 1 fully saturated rings. The van der Waals surface area contributed by atoms with Gasteiger partial charge in [0, 0.05) is 32.1 Å². The van der Waals surface area contributed by atoms with Gasteiger partial charge in [0.2, 0.25) is 5.91 Å². The summed E-state index contributed by atoms with van der Waals surface area (Å²) in [4.78, 5) is 24.6. The first kappa shape index (κ1) is 18.4. The summed E-state index contributed by atoms with van der Waals surface area (Å²) in [6.45, 7) is 7.97. The molecule has 0 aromatic carbocycles. The van der Waals surface area contributed by atoms with Crippen molar-refractivity contribution in [2.45, 2.75) is 39.8 Å². The third kappa shape index (κ3) is 3.75. The molecular formula is C13H22ClN5O3. The second kappa shape index (κ2) is 7.55. The second-order valence-corrected chi connectivity index (χ2v) is 5.39. The Morgan fingerprint density at radius 2 is 2.18 bits per heavy atom. The normalized spacial score (nSPS) is 18.0. The number of carbonyl (C=O) groups is 1. The molecule has 1 aliphatic rings. The van der Waals surface area contributed by atoms with Gasteiger partial charge >= 0.3 is 5.69 Å². The second-order valence-electron chi connectivity index (χ2n) is 5.39. The summed E-state index contributed by atoms with van der Waals surface area (Å²) >= 11 is 0. The van der Waals surface area contributed by atoms with Crippen molar-refractivity contribution in [1.29, 1.82) is 0 Å². The number of nitrogens with one attached hydrogen (secondary N) is 1. The lowest BCUT2D eigenvalue weighted by Crippen LogP contribution is -2.52. The summed E-state index contributed by atoms with van der Waals surface area (Å²) in [5.74, 6) is 0.0687. The van der Waals surface area contributed by atoms with E-state index < -0.39 is 4.92 Å². The number of nitrogens with zero attached hydrogens (tertiary/aromatic N) is 4. The molecule has 0 unspecified atom stereocenters. The molecule has 1 N–H and O–H groups in total. The number of hydrogen-bond donors (Lipinski definition) is 1. The van der Waals surface area contributed by atoms with Crippen LogP contribution in [0.15, 0.2) is 0 Å². The monoisotopic (exact) mass is 331 g/mol. The average Bonchev–Trinajstić information content (AvgIpc) is 2.71. The molecule has 1 amide bonds. The fraction of sp³-hybridized carbons (Fsp3) is 0.692. The molecule has 1 aliphatic heterocycles. The maximum atomic E-state index is 12.2. The summed E-state index contributed by atoms with van der Waals surface area (Å²) in [7, 11) is 0. The lowest BCUT2D eigenvalue weighted by Gasteiger charge is -2.34. The Kier molecular flexibility index (Phi) is 6.31. The van der Waals surface area contributed by atoms with E-state index in [1.165, 1.54) is 0 Å². The summed E-state index contributed by atoms with van der Waals surface area (Å²) < 4.78 is 1.55. The number of hydrogen-bond acceptors (Lipinski definition) is 5. The molecule has 0 radical (unpaired) electrons. The molecular weight excluding hydrogens is 310 g/mol. The topological polar surface area (TPSA) is 93.3 Å². The molecule has 2 heterocycles. The highest BCUT2D eigenvalue weighted by molar-refractivity contribution is 5.85. The highest BCUT2D eigenvalue weighted by atomic mass is 35.5. The minimum atomic E-state index is -0.422. The van der Waals surface area contributed by atoms with Crippen molar-refractivity contribution in [2.24, 2.45) is 0 Å². The summed E-state index contributed by atoms with van der Waals surface area (Å²) in [6, 6.07) is 0.182. The van der Waals surface area contributed by atoms with Gasteiger partial charge in [0.15, 0.2) is 0 Å². The van der Waals surface area contributed by atoms with Crippen molar-refractivity contribution in [3.05, 3.63) is 21.5 Å². The van der Waals surface area contributed by atoms with Gasteiger partial charge in [-0.25, -0.2) is 0 Å². The first-order valence-corrected chi connectivity index (χ1v) is 7.10. The number of aryl methyl sites for hydroxylation is 2. The van der Waals surface area contributed by atoms with E-state index in [4.69, 9.17) is 0 Å². The van der Waals surface area contributed by atoms with E-state index >= 15 is 0 Å². The smallest absolute Gasteiger partial charge is 0.312 e. The Morgan fingerprint density at radius 1 is 1.50 bits per heavy atom. The molecule has 1 atom stereocenters. The standard InChI is InChI=1S/C13H21N5O3.ClH/c1-9-8-14-5-7-16(9)12(19)4-6-17-11(3)13(18(20)21)10(2)15-17;/h9,14H,4-8H2,1-3H3;1H/t9-;/m1./s1. The summed E-state index contributed by atoms with van der Waals surface area (Å²) in [5.41, 5.74) is 0.928. The molecule has 8 nitrogen and oxygen atoms in total. The molecule has 9 heteroatoms. The number of aromatic nitrogens is 2. The molecule has 2 rings (SSSR count). The third-order valence-electron chi connectivity index (χ3n) is 3.88. The number of piperazine rings is 1. The Hall–Kier alpha value is -1.67. The van der Waals surface area contributed by atoms with Crippen LogP contribution >= 0.6 is 12.4 Å². The number of halogens is 1. The van der Waals surface area contributed by atoms with Crippen LogP contribution in [-0.2, 0) is 11.3 Å². The molecule has 1 aromatic rings. The molecule has 0 spiro atoms. The SMILES string of the molecule is Cc1nn(CCC(=O)N2CCNC[C@H]2C)c(C)c1[N+](=O)[O-].Cl. The number of nitro groups is 1.